The fraction of sp³-hybridized carbons (Fsp3) is 0.304. The standard InChI is InChI=1S/C23H23ClN4O3/c1-15-26-22(28-31-15)23(11-5-6-12-23)25-14-20(29)27-19-10-9-17(24)13-18(19)21(30)16-7-3-2-4-8-16/h2-4,7-10,13,25H,5-6,11-12,14H2,1H3,(H,27,29). The minimum Gasteiger partial charge on any atom is -0.340 e. The van der Waals surface area contributed by atoms with Crippen LogP contribution in [0.5, 0.6) is 0 Å². The molecule has 2 aromatic carbocycles. The fourth-order valence-corrected chi connectivity index (χ4v) is 4.13. The van der Waals surface area contributed by atoms with E-state index in [2.05, 4.69) is 20.8 Å². The Balaban J connectivity index is 1.49. The Hall–Kier alpha value is -3.03. The van der Waals surface area contributed by atoms with Crippen LogP contribution in [-0.2, 0) is 10.3 Å². The van der Waals surface area contributed by atoms with Crippen LogP contribution in [0, 0.1) is 6.92 Å². The van der Waals surface area contributed by atoms with Crippen molar-refractivity contribution in [1.29, 1.82) is 0 Å². The normalized spacial score (nSPS) is 15.0. The predicted octanol–water partition coefficient (Wildman–Crippen LogP) is 4.26. The maximum atomic E-state index is 13.0. The largest absolute Gasteiger partial charge is 0.340 e. The van der Waals surface area contributed by atoms with Gasteiger partial charge in [0.2, 0.25) is 11.8 Å². The van der Waals surface area contributed by atoms with E-state index in [0.717, 1.165) is 25.7 Å². The van der Waals surface area contributed by atoms with E-state index in [-0.39, 0.29) is 18.2 Å². The highest BCUT2D eigenvalue weighted by Crippen LogP contribution is 2.37. The SMILES string of the molecule is Cc1nc(C2(NCC(=O)Nc3ccc(Cl)cc3C(=O)c3ccccc3)CCCC2)no1. The second-order valence-corrected chi connectivity index (χ2v) is 8.15. The molecule has 0 spiro atoms. The molecule has 0 radical (unpaired) electrons. The number of carbonyl (C=O) groups excluding carboxylic acids is 2. The molecule has 1 fully saturated rings. The van der Waals surface area contributed by atoms with Crippen molar-refractivity contribution in [2.75, 3.05) is 11.9 Å². The topological polar surface area (TPSA) is 97.1 Å². The van der Waals surface area contributed by atoms with Gasteiger partial charge in [-0.15, -0.1) is 0 Å². The van der Waals surface area contributed by atoms with Crippen molar-refractivity contribution in [3.05, 3.63) is 76.4 Å². The number of aryl methyl sites for hydroxylation is 1. The molecule has 0 unspecified atom stereocenters. The highest BCUT2D eigenvalue weighted by atomic mass is 35.5. The Labute approximate surface area is 185 Å². The molecule has 7 nitrogen and oxygen atoms in total. The lowest BCUT2D eigenvalue weighted by atomic mass is 9.96. The Morgan fingerprint density at radius 3 is 2.55 bits per heavy atom. The van der Waals surface area contributed by atoms with Gasteiger partial charge >= 0.3 is 0 Å². The third kappa shape index (κ3) is 4.68. The molecule has 0 bridgehead atoms. The first-order chi connectivity index (χ1) is 15.0. The molecule has 31 heavy (non-hydrogen) atoms. The van der Waals surface area contributed by atoms with Crippen molar-refractivity contribution in [3.8, 4) is 0 Å². The van der Waals surface area contributed by atoms with Gasteiger partial charge in [-0.25, -0.2) is 0 Å². The summed E-state index contributed by atoms with van der Waals surface area (Å²) in [5, 5.41) is 10.7. The van der Waals surface area contributed by atoms with E-state index in [1.54, 1.807) is 49.4 Å². The fourth-order valence-electron chi connectivity index (χ4n) is 3.95. The van der Waals surface area contributed by atoms with Crippen molar-refractivity contribution >= 4 is 29.0 Å². The van der Waals surface area contributed by atoms with Gasteiger partial charge in [-0.1, -0.05) is 59.9 Å². The Bertz CT molecular complexity index is 1090. The number of ketones is 1. The summed E-state index contributed by atoms with van der Waals surface area (Å²) in [7, 11) is 0. The van der Waals surface area contributed by atoms with Crippen LogP contribution in [0.3, 0.4) is 0 Å². The molecule has 1 aliphatic rings. The molecule has 3 aromatic rings. The Kier molecular flexibility index (Phi) is 6.15. The average molecular weight is 439 g/mol. The van der Waals surface area contributed by atoms with E-state index in [9.17, 15) is 9.59 Å². The number of carbonyl (C=O) groups is 2. The van der Waals surface area contributed by atoms with Crippen LogP contribution in [0.1, 0.15) is 53.3 Å². The molecule has 0 atom stereocenters. The summed E-state index contributed by atoms with van der Waals surface area (Å²) in [4.78, 5) is 30.1. The van der Waals surface area contributed by atoms with Crippen molar-refractivity contribution in [2.45, 2.75) is 38.1 Å². The van der Waals surface area contributed by atoms with Gasteiger partial charge < -0.3 is 9.84 Å². The van der Waals surface area contributed by atoms with Crippen molar-refractivity contribution in [3.63, 3.8) is 0 Å². The van der Waals surface area contributed by atoms with Crippen molar-refractivity contribution < 1.29 is 14.1 Å². The lowest BCUT2D eigenvalue weighted by Gasteiger charge is -2.26. The molecule has 8 heteroatoms. The van der Waals surface area contributed by atoms with Crippen LogP contribution >= 0.6 is 11.6 Å². The van der Waals surface area contributed by atoms with Gasteiger partial charge in [0.05, 0.1) is 17.8 Å². The summed E-state index contributed by atoms with van der Waals surface area (Å²) in [5.74, 6) is 0.608. The number of aromatic nitrogens is 2. The smallest absolute Gasteiger partial charge is 0.238 e. The van der Waals surface area contributed by atoms with Gasteiger partial charge in [-0.05, 0) is 31.0 Å². The molecule has 1 heterocycles. The maximum absolute atomic E-state index is 13.0. The van der Waals surface area contributed by atoms with Gasteiger partial charge in [0.1, 0.15) is 0 Å². The Morgan fingerprint density at radius 2 is 1.87 bits per heavy atom. The van der Waals surface area contributed by atoms with Crippen LogP contribution in [0.2, 0.25) is 5.02 Å². The number of hydrogen-bond donors (Lipinski definition) is 2. The number of halogens is 1. The van der Waals surface area contributed by atoms with E-state index in [1.807, 2.05) is 6.07 Å². The molecule has 1 saturated carbocycles. The monoisotopic (exact) mass is 438 g/mol. The lowest BCUT2D eigenvalue weighted by Crippen LogP contribution is -2.44. The van der Waals surface area contributed by atoms with Gasteiger partial charge in [0, 0.05) is 23.1 Å². The van der Waals surface area contributed by atoms with Gasteiger partial charge in [0.25, 0.3) is 0 Å². The second-order valence-electron chi connectivity index (χ2n) is 7.71. The van der Waals surface area contributed by atoms with Crippen LogP contribution in [0.25, 0.3) is 0 Å². The van der Waals surface area contributed by atoms with Gasteiger partial charge in [0.15, 0.2) is 11.6 Å². The number of rotatable bonds is 7. The molecule has 4 rings (SSSR count). The first-order valence-corrected chi connectivity index (χ1v) is 10.6. The maximum Gasteiger partial charge on any atom is 0.238 e. The minimum atomic E-state index is -0.474. The number of benzene rings is 2. The van der Waals surface area contributed by atoms with E-state index >= 15 is 0 Å². The Morgan fingerprint density at radius 1 is 1.13 bits per heavy atom. The summed E-state index contributed by atoms with van der Waals surface area (Å²) in [6.07, 6.45) is 3.71. The van der Waals surface area contributed by atoms with Crippen LogP contribution in [0.4, 0.5) is 5.69 Å². The second kappa shape index (κ2) is 8.99. The molecule has 0 saturated heterocycles. The highest BCUT2D eigenvalue weighted by Gasteiger charge is 2.39. The number of nitrogens with zero attached hydrogens (tertiary/aromatic N) is 2. The predicted molar refractivity (Wildman–Crippen MR) is 117 cm³/mol. The van der Waals surface area contributed by atoms with E-state index in [1.165, 1.54) is 0 Å². The molecule has 1 aromatic heterocycles. The van der Waals surface area contributed by atoms with Crippen molar-refractivity contribution in [1.82, 2.24) is 15.5 Å². The molecular formula is C23H23ClN4O3. The van der Waals surface area contributed by atoms with Crippen molar-refractivity contribution in [2.24, 2.45) is 0 Å². The molecule has 1 amide bonds. The molecular weight excluding hydrogens is 416 g/mol. The van der Waals surface area contributed by atoms with Gasteiger partial charge in [-0.2, -0.15) is 4.98 Å². The summed E-state index contributed by atoms with van der Waals surface area (Å²) < 4.78 is 5.15. The zero-order valence-corrected chi connectivity index (χ0v) is 17.9. The number of nitrogens with one attached hydrogen (secondary N) is 2. The first kappa shape index (κ1) is 21.2. The average Bonchev–Trinajstić information content (AvgIpc) is 3.44. The summed E-state index contributed by atoms with van der Waals surface area (Å²) in [5.41, 5.74) is 0.811. The molecule has 2 N–H and O–H groups in total. The first-order valence-electron chi connectivity index (χ1n) is 10.2. The molecule has 1 aliphatic carbocycles. The summed E-state index contributed by atoms with van der Waals surface area (Å²) >= 11 is 6.12. The summed E-state index contributed by atoms with van der Waals surface area (Å²) in [6.45, 7) is 1.80. The van der Waals surface area contributed by atoms with E-state index in [4.69, 9.17) is 16.1 Å². The van der Waals surface area contributed by atoms with E-state index < -0.39 is 5.54 Å². The molecule has 160 valence electrons. The van der Waals surface area contributed by atoms with Crippen LogP contribution in [0.15, 0.2) is 53.1 Å². The number of hydrogen-bond acceptors (Lipinski definition) is 6. The third-order valence-corrected chi connectivity index (χ3v) is 5.77. The van der Waals surface area contributed by atoms with Crippen LogP contribution in [-0.4, -0.2) is 28.4 Å². The zero-order chi connectivity index (χ0) is 21.8. The summed E-state index contributed by atoms with van der Waals surface area (Å²) in [6, 6.07) is 13.7. The zero-order valence-electron chi connectivity index (χ0n) is 17.2. The van der Waals surface area contributed by atoms with Crippen LogP contribution < -0.4 is 10.6 Å². The number of anilines is 1. The van der Waals surface area contributed by atoms with E-state index in [0.29, 0.717) is 33.6 Å². The lowest BCUT2D eigenvalue weighted by molar-refractivity contribution is -0.115. The number of amides is 1. The quantitative estimate of drug-likeness (QED) is 0.535. The molecule has 0 aliphatic heterocycles. The minimum absolute atomic E-state index is 0.0508. The highest BCUT2D eigenvalue weighted by molar-refractivity contribution is 6.31. The third-order valence-electron chi connectivity index (χ3n) is 5.54. The van der Waals surface area contributed by atoms with Gasteiger partial charge in [-0.3, -0.25) is 14.9 Å².